The summed E-state index contributed by atoms with van der Waals surface area (Å²) in [4.78, 5) is 25.1. The van der Waals surface area contributed by atoms with Crippen LogP contribution in [-0.2, 0) is 19.4 Å². The van der Waals surface area contributed by atoms with Crippen molar-refractivity contribution in [3.63, 3.8) is 0 Å². The van der Waals surface area contributed by atoms with Gasteiger partial charge in [0.15, 0.2) is 16.4 Å². The van der Waals surface area contributed by atoms with E-state index in [9.17, 15) is 18.0 Å². The summed E-state index contributed by atoms with van der Waals surface area (Å²) in [6, 6.07) is 12.4. The molecule has 168 valence electrons. The van der Waals surface area contributed by atoms with Gasteiger partial charge >= 0.3 is 0 Å². The molecule has 0 aliphatic carbocycles. The molecular weight excluding hydrogens is 420 g/mol. The molecule has 2 amide bonds. The maximum Gasteiger partial charge on any atom is 0.258 e. The van der Waals surface area contributed by atoms with Crippen molar-refractivity contribution in [2.24, 2.45) is 5.92 Å². The van der Waals surface area contributed by atoms with E-state index in [1.165, 1.54) is 18.2 Å². The molecule has 0 saturated heterocycles. The molecule has 9 heteroatoms. The summed E-state index contributed by atoms with van der Waals surface area (Å²) in [5.41, 5.74) is 0.988. The second-order valence-electron chi connectivity index (χ2n) is 7.40. The maximum absolute atomic E-state index is 12.8. The minimum Gasteiger partial charge on any atom is -0.484 e. The van der Waals surface area contributed by atoms with Crippen molar-refractivity contribution in [3.05, 3.63) is 54.1 Å². The predicted molar refractivity (Wildman–Crippen MR) is 118 cm³/mol. The van der Waals surface area contributed by atoms with Crippen molar-refractivity contribution in [1.82, 2.24) is 5.32 Å². The van der Waals surface area contributed by atoms with Gasteiger partial charge < -0.3 is 20.5 Å². The Morgan fingerprint density at radius 2 is 1.77 bits per heavy atom. The van der Waals surface area contributed by atoms with Crippen molar-refractivity contribution < 1.29 is 27.9 Å². The number of rotatable bonds is 10. The fourth-order valence-electron chi connectivity index (χ4n) is 2.83. The summed E-state index contributed by atoms with van der Waals surface area (Å²) < 4.78 is 29.6. The second-order valence-corrected chi connectivity index (χ2v) is 9.51. The number of hydrogen-bond donors (Lipinski definition) is 3. The standard InChI is InChI=1S/C22H28N2O6S/c1-15(2)21(24-20(26)14-30-17-7-5-4-6-8-17)22(27)23-19-10-9-18(13-16(19)3)31(28,29)12-11-25/h4-10,13,15,21,25H,11-12,14H2,1-3H3,(H,23,27)(H,24,26). The van der Waals surface area contributed by atoms with E-state index in [1.807, 2.05) is 6.07 Å². The van der Waals surface area contributed by atoms with E-state index < -0.39 is 34.3 Å². The van der Waals surface area contributed by atoms with E-state index in [2.05, 4.69) is 10.6 Å². The van der Waals surface area contributed by atoms with Crippen LogP contribution in [0.15, 0.2) is 53.4 Å². The summed E-state index contributed by atoms with van der Waals surface area (Å²) in [7, 11) is -3.59. The van der Waals surface area contributed by atoms with Gasteiger partial charge in [-0.05, 0) is 48.7 Å². The predicted octanol–water partition coefficient (Wildman–Crippen LogP) is 1.92. The van der Waals surface area contributed by atoms with Crippen molar-refractivity contribution in [3.8, 4) is 5.75 Å². The zero-order chi connectivity index (χ0) is 23.0. The summed E-state index contributed by atoms with van der Waals surface area (Å²) in [5, 5.41) is 14.3. The normalized spacial score (nSPS) is 12.3. The third-order valence-electron chi connectivity index (χ3n) is 4.55. The SMILES string of the molecule is Cc1cc(S(=O)(=O)CCO)ccc1NC(=O)C(NC(=O)COc1ccccc1)C(C)C. The Labute approximate surface area is 182 Å². The van der Waals surface area contributed by atoms with Crippen LogP contribution in [0.4, 0.5) is 5.69 Å². The van der Waals surface area contributed by atoms with Crippen LogP contribution < -0.4 is 15.4 Å². The molecule has 0 bridgehead atoms. The number of aliphatic hydroxyl groups is 1. The molecule has 1 atom stereocenters. The second kappa shape index (κ2) is 10.9. The molecule has 0 aliphatic rings. The Kier molecular flexibility index (Phi) is 8.58. The number of aliphatic hydroxyl groups excluding tert-OH is 1. The lowest BCUT2D eigenvalue weighted by molar-refractivity contribution is -0.128. The van der Waals surface area contributed by atoms with Crippen molar-refractivity contribution in [2.75, 3.05) is 24.3 Å². The first-order valence-corrected chi connectivity index (χ1v) is 11.5. The summed E-state index contributed by atoms with van der Waals surface area (Å²) >= 11 is 0. The lowest BCUT2D eigenvalue weighted by atomic mass is 10.0. The van der Waals surface area contributed by atoms with E-state index in [4.69, 9.17) is 9.84 Å². The van der Waals surface area contributed by atoms with Crippen LogP contribution in [0.2, 0.25) is 0 Å². The lowest BCUT2D eigenvalue weighted by Crippen LogP contribution is -2.48. The third-order valence-corrected chi connectivity index (χ3v) is 6.25. The molecule has 2 rings (SSSR count). The number of sulfone groups is 1. The van der Waals surface area contributed by atoms with Crippen LogP contribution >= 0.6 is 0 Å². The maximum atomic E-state index is 12.8. The zero-order valence-corrected chi connectivity index (χ0v) is 18.6. The van der Waals surface area contributed by atoms with Crippen LogP contribution in [0.1, 0.15) is 19.4 Å². The van der Waals surface area contributed by atoms with E-state index in [0.717, 1.165) is 0 Å². The highest BCUT2D eigenvalue weighted by molar-refractivity contribution is 7.91. The van der Waals surface area contributed by atoms with Crippen LogP contribution in [0.25, 0.3) is 0 Å². The minimum absolute atomic E-state index is 0.0730. The van der Waals surface area contributed by atoms with Gasteiger partial charge in [-0.2, -0.15) is 0 Å². The van der Waals surface area contributed by atoms with Gasteiger partial charge in [0.1, 0.15) is 11.8 Å². The molecule has 0 fully saturated rings. The lowest BCUT2D eigenvalue weighted by Gasteiger charge is -2.22. The number of para-hydroxylation sites is 1. The molecule has 0 aromatic heterocycles. The number of ether oxygens (including phenoxy) is 1. The summed E-state index contributed by atoms with van der Waals surface area (Å²) in [6.45, 7) is 4.59. The molecule has 0 heterocycles. The monoisotopic (exact) mass is 448 g/mol. The molecule has 0 aliphatic heterocycles. The van der Waals surface area contributed by atoms with Crippen molar-refractivity contribution in [1.29, 1.82) is 0 Å². The average molecular weight is 449 g/mol. The molecule has 0 radical (unpaired) electrons. The van der Waals surface area contributed by atoms with Gasteiger partial charge in [-0.1, -0.05) is 32.0 Å². The van der Waals surface area contributed by atoms with Gasteiger partial charge in [0.25, 0.3) is 5.91 Å². The van der Waals surface area contributed by atoms with Crippen LogP contribution in [0.5, 0.6) is 5.75 Å². The topological polar surface area (TPSA) is 122 Å². The molecule has 2 aromatic carbocycles. The largest absolute Gasteiger partial charge is 0.484 e. The van der Waals surface area contributed by atoms with E-state index in [1.54, 1.807) is 45.0 Å². The molecule has 2 aromatic rings. The van der Waals surface area contributed by atoms with Crippen LogP contribution in [0.3, 0.4) is 0 Å². The highest BCUT2D eigenvalue weighted by atomic mass is 32.2. The number of hydrogen-bond acceptors (Lipinski definition) is 6. The number of anilines is 1. The molecule has 3 N–H and O–H groups in total. The fraction of sp³-hybridized carbons (Fsp3) is 0.364. The number of aryl methyl sites for hydroxylation is 1. The Morgan fingerprint density at radius 3 is 2.35 bits per heavy atom. The number of amides is 2. The highest BCUT2D eigenvalue weighted by Gasteiger charge is 2.25. The van der Waals surface area contributed by atoms with E-state index in [-0.39, 0.29) is 23.2 Å². The van der Waals surface area contributed by atoms with Crippen molar-refractivity contribution in [2.45, 2.75) is 31.7 Å². The Balaban J connectivity index is 2.04. The van der Waals surface area contributed by atoms with Gasteiger partial charge in [0.05, 0.1) is 17.3 Å². The van der Waals surface area contributed by atoms with Crippen LogP contribution in [0, 0.1) is 12.8 Å². The minimum atomic E-state index is -3.59. The smallest absolute Gasteiger partial charge is 0.258 e. The van der Waals surface area contributed by atoms with E-state index in [0.29, 0.717) is 17.0 Å². The van der Waals surface area contributed by atoms with Gasteiger partial charge in [0.2, 0.25) is 5.91 Å². The van der Waals surface area contributed by atoms with Crippen LogP contribution in [-0.4, -0.2) is 50.3 Å². The molecular formula is C22H28N2O6S. The Hall–Kier alpha value is -2.91. The van der Waals surface area contributed by atoms with E-state index >= 15 is 0 Å². The number of carbonyl (C=O) groups excluding carboxylic acids is 2. The number of benzene rings is 2. The third kappa shape index (κ3) is 7.08. The first kappa shape index (κ1) is 24.4. The average Bonchev–Trinajstić information content (AvgIpc) is 2.72. The quantitative estimate of drug-likeness (QED) is 0.511. The zero-order valence-electron chi connectivity index (χ0n) is 17.8. The fourth-order valence-corrected chi connectivity index (χ4v) is 3.94. The number of nitrogens with one attached hydrogen (secondary N) is 2. The number of carbonyl (C=O) groups is 2. The molecule has 8 nitrogen and oxygen atoms in total. The molecule has 0 saturated carbocycles. The van der Waals surface area contributed by atoms with Gasteiger partial charge in [-0.25, -0.2) is 8.42 Å². The van der Waals surface area contributed by atoms with Gasteiger partial charge in [-0.15, -0.1) is 0 Å². The first-order valence-electron chi connectivity index (χ1n) is 9.86. The van der Waals surface area contributed by atoms with Crippen molar-refractivity contribution >= 4 is 27.3 Å². The summed E-state index contributed by atoms with van der Waals surface area (Å²) in [5.74, 6) is -0.859. The Morgan fingerprint density at radius 1 is 1.10 bits per heavy atom. The van der Waals surface area contributed by atoms with Gasteiger partial charge in [0, 0.05) is 5.69 Å². The molecule has 1 unspecified atom stereocenters. The Bertz CT molecular complexity index is 1010. The van der Waals surface area contributed by atoms with Gasteiger partial charge in [-0.3, -0.25) is 9.59 Å². The first-order chi connectivity index (χ1) is 14.6. The molecule has 0 spiro atoms. The highest BCUT2D eigenvalue weighted by Crippen LogP contribution is 2.21. The summed E-state index contributed by atoms with van der Waals surface area (Å²) in [6.07, 6.45) is 0. The molecule has 31 heavy (non-hydrogen) atoms.